The Morgan fingerprint density at radius 1 is 1.40 bits per heavy atom. The highest BCUT2D eigenvalue weighted by Gasteiger charge is 2.10. The molecule has 2 rings (SSSR count). The van der Waals surface area contributed by atoms with Gasteiger partial charge < -0.3 is 9.84 Å². The maximum Gasteiger partial charge on any atom is 0.251 e. The van der Waals surface area contributed by atoms with E-state index in [9.17, 15) is 4.79 Å². The van der Waals surface area contributed by atoms with Crippen LogP contribution in [0.15, 0.2) is 34.9 Å². The highest BCUT2D eigenvalue weighted by molar-refractivity contribution is 5.94. The van der Waals surface area contributed by atoms with Crippen LogP contribution in [0.3, 0.4) is 0 Å². The van der Waals surface area contributed by atoms with Crippen LogP contribution in [0.4, 0.5) is 0 Å². The molecule has 1 N–H and O–H groups in total. The number of hydrogen-bond donors (Lipinski definition) is 1. The van der Waals surface area contributed by atoms with Gasteiger partial charge in [0.1, 0.15) is 0 Å². The SMILES string of the molecule is CC(C)c1cc(CNC(=O)c2ccc(C#N)cc2)on1. The zero-order valence-electron chi connectivity index (χ0n) is 11.4. The van der Waals surface area contributed by atoms with Crippen molar-refractivity contribution in [2.24, 2.45) is 0 Å². The van der Waals surface area contributed by atoms with E-state index in [0.29, 0.717) is 29.3 Å². The summed E-state index contributed by atoms with van der Waals surface area (Å²) in [6.07, 6.45) is 0. The Morgan fingerprint density at radius 2 is 2.10 bits per heavy atom. The molecule has 0 unspecified atom stereocenters. The molecule has 5 nitrogen and oxygen atoms in total. The molecule has 0 bridgehead atoms. The third kappa shape index (κ3) is 3.23. The summed E-state index contributed by atoms with van der Waals surface area (Å²) in [4.78, 5) is 11.9. The number of nitrogens with zero attached hydrogens (tertiary/aromatic N) is 2. The molecule has 1 aromatic carbocycles. The van der Waals surface area contributed by atoms with Gasteiger partial charge in [-0.2, -0.15) is 5.26 Å². The van der Waals surface area contributed by atoms with Crippen molar-refractivity contribution in [3.63, 3.8) is 0 Å². The highest BCUT2D eigenvalue weighted by Crippen LogP contribution is 2.14. The van der Waals surface area contributed by atoms with E-state index < -0.39 is 0 Å². The third-order valence-electron chi connectivity index (χ3n) is 2.87. The van der Waals surface area contributed by atoms with E-state index in [1.807, 2.05) is 26.0 Å². The lowest BCUT2D eigenvalue weighted by Crippen LogP contribution is -2.22. The number of nitrogens with one attached hydrogen (secondary N) is 1. The predicted molar refractivity (Wildman–Crippen MR) is 72.9 cm³/mol. The van der Waals surface area contributed by atoms with Crippen molar-refractivity contribution in [1.82, 2.24) is 10.5 Å². The van der Waals surface area contributed by atoms with Gasteiger partial charge in [-0.1, -0.05) is 19.0 Å². The number of benzene rings is 1. The average molecular weight is 269 g/mol. The van der Waals surface area contributed by atoms with Gasteiger partial charge in [0.05, 0.1) is 23.9 Å². The van der Waals surface area contributed by atoms with Crippen molar-refractivity contribution in [1.29, 1.82) is 5.26 Å². The van der Waals surface area contributed by atoms with E-state index in [2.05, 4.69) is 10.5 Å². The first kappa shape index (κ1) is 13.8. The van der Waals surface area contributed by atoms with Gasteiger partial charge >= 0.3 is 0 Å². The zero-order chi connectivity index (χ0) is 14.5. The first-order valence-electron chi connectivity index (χ1n) is 6.34. The van der Waals surface area contributed by atoms with Crippen LogP contribution in [0.25, 0.3) is 0 Å². The van der Waals surface area contributed by atoms with E-state index >= 15 is 0 Å². The summed E-state index contributed by atoms with van der Waals surface area (Å²) in [5, 5.41) is 15.4. The van der Waals surface area contributed by atoms with Crippen molar-refractivity contribution >= 4 is 5.91 Å². The molecule has 0 spiro atoms. The smallest absolute Gasteiger partial charge is 0.251 e. The Labute approximate surface area is 117 Å². The van der Waals surface area contributed by atoms with Crippen LogP contribution >= 0.6 is 0 Å². The quantitative estimate of drug-likeness (QED) is 0.925. The lowest BCUT2D eigenvalue weighted by atomic mass is 10.1. The van der Waals surface area contributed by atoms with Crippen molar-refractivity contribution < 1.29 is 9.32 Å². The second kappa shape index (κ2) is 6.02. The van der Waals surface area contributed by atoms with Crippen LogP contribution in [0.5, 0.6) is 0 Å². The second-order valence-corrected chi connectivity index (χ2v) is 4.74. The van der Waals surface area contributed by atoms with Crippen LogP contribution in [-0.2, 0) is 6.54 Å². The molecule has 2 aromatic rings. The maximum absolute atomic E-state index is 11.9. The average Bonchev–Trinajstić information content (AvgIpc) is 2.94. The van der Waals surface area contributed by atoms with E-state index in [1.54, 1.807) is 24.3 Å². The highest BCUT2D eigenvalue weighted by atomic mass is 16.5. The molecule has 5 heteroatoms. The van der Waals surface area contributed by atoms with Crippen molar-refractivity contribution in [3.05, 3.63) is 52.9 Å². The second-order valence-electron chi connectivity index (χ2n) is 4.74. The minimum absolute atomic E-state index is 0.211. The van der Waals surface area contributed by atoms with Crippen molar-refractivity contribution in [2.45, 2.75) is 26.3 Å². The summed E-state index contributed by atoms with van der Waals surface area (Å²) >= 11 is 0. The molecule has 0 fully saturated rings. The van der Waals surface area contributed by atoms with Crippen molar-refractivity contribution in [2.75, 3.05) is 0 Å². The molecule has 102 valence electrons. The molecule has 0 saturated carbocycles. The Kier molecular flexibility index (Phi) is 4.16. The van der Waals surface area contributed by atoms with Gasteiger partial charge in [0.15, 0.2) is 5.76 Å². The standard InChI is InChI=1S/C15H15N3O2/c1-10(2)14-7-13(20-18-14)9-17-15(19)12-5-3-11(8-16)4-6-12/h3-7,10H,9H2,1-2H3,(H,17,19). The number of amides is 1. The molecule has 1 aromatic heterocycles. The van der Waals surface area contributed by atoms with Crippen LogP contribution in [0.2, 0.25) is 0 Å². The van der Waals surface area contributed by atoms with Gasteiger partial charge in [0.25, 0.3) is 5.91 Å². The summed E-state index contributed by atoms with van der Waals surface area (Å²) < 4.78 is 5.14. The van der Waals surface area contributed by atoms with E-state index in [1.165, 1.54) is 0 Å². The Hall–Kier alpha value is -2.61. The van der Waals surface area contributed by atoms with Gasteiger partial charge in [-0.25, -0.2) is 0 Å². The topological polar surface area (TPSA) is 78.9 Å². The van der Waals surface area contributed by atoms with Gasteiger partial charge in [-0.3, -0.25) is 4.79 Å². The summed E-state index contributed by atoms with van der Waals surface area (Å²) in [6.45, 7) is 4.34. The number of rotatable bonds is 4. The third-order valence-corrected chi connectivity index (χ3v) is 2.87. The van der Waals surface area contributed by atoms with Crippen LogP contribution in [0.1, 0.15) is 47.1 Å². The van der Waals surface area contributed by atoms with Gasteiger partial charge in [-0.05, 0) is 30.2 Å². The first-order valence-corrected chi connectivity index (χ1v) is 6.34. The molecule has 0 radical (unpaired) electrons. The monoisotopic (exact) mass is 269 g/mol. The van der Waals surface area contributed by atoms with Crippen LogP contribution < -0.4 is 5.32 Å². The van der Waals surface area contributed by atoms with Crippen LogP contribution in [-0.4, -0.2) is 11.1 Å². The van der Waals surface area contributed by atoms with E-state index in [0.717, 1.165) is 5.69 Å². The maximum atomic E-state index is 11.9. The normalized spacial score (nSPS) is 10.3. The van der Waals surface area contributed by atoms with E-state index in [4.69, 9.17) is 9.78 Å². The molecular weight excluding hydrogens is 254 g/mol. The lowest BCUT2D eigenvalue weighted by molar-refractivity contribution is 0.0947. The Morgan fingerprint density at radius 3 is 2.65 bits per heavy atom. The summed E-state index contributed by atoms with van der Waals surface area (Å²) in [7, 11) is 0. The largest absolute Gasteiger partial charge is 0.359 e. The summed E-state index contributed by atoms with van der Waals surface area (Å²) in [6, 6.07) is 10.3. The molecule has 0 atom stereocenters. The van der Waals surface area contributed by atoms with Crippen LogP contribution in [0, 0.1) is 11.3 Å². The van der Waals surface area contributed by atoms with Gasteiger partial charge in [0, 0.05) is 11.6 Å². The fourth-order valence-electron chi connectivity index (χ4n) is 1.65. The Bertz CT molecular complexity index is 636. The fraction of sp³-hybridized carbons (Fsp3) is 0.267. The minimum Gasteiger partial charge on any atom is -0.359 e. The van der Waals surface area contributed by atoms with Crippen molar-refractivity contribution in [3.8, 4) is 6.07 Å². The number of hydrogen-bond acceptors (Lipinski definition) is 4. The Balaban J connectivity index is 1.95. The molecule has 20 heavy (non-hydrogen) atoms. The number of aromatic nitrogens is 1. The predicted octanol–water partition coefficient (Wildman–Crippen LogP) is 2.60. The fourth-order valence-corrected chi connectivity index (χ4v) is 1.65. The summed E-state index contributed by atoms with van der Waals surface area (Å²) in [5.41, 5.74) is 1.90. The number of carbonyl (C=O) groups excluding carboxylic acids is 1. The minimum atomic E-state index is -0.211. The zero-order valence-corrected chi connectivity index (χ0v) is 11.4. The molecule has 1 amide bonds. The molecule has 0 aliphatic carbocycles. The molecule has 0 saturated heterocycles. The lowest BCUT2D eigenvalue weighted by Gasteiger charge is -2.02. The van der Waals surface area contributed by atoms with Gasteiger partial charge in [0.2, 0.25) is 0 Å². The number of carbonyl (C=O) groups is 1. The molecule has 0 aliphatic heterocycles. The summed E-state index contributed by atoms with van der Waals surface area (Å²) in [5.74, 6) is 0.703. The first-order chi connectivity index (χ1) is 9.60. The van der Waals surface area contributed by atoms with E-state index in [-0.39, 0.29) is 5.91 Å². The van der Waals surface area contributed by atoms with Gasteiger partial charge in [-0.15, -0.1) is 0 Å². The number of nitriles is 1. The molecule has 1 heterocycles. The molecule has 0 aliphatic rings. The molecular formula is C15H15N3O2.